The van der Waals surface area contributed by atoms with Gasteiger partial charge in [-0.1, -0.05) is 30.3 Å². The zero-order valence-electron chi connectivity index (χ0n) is 19.2. The molecule has 2 heterocycles. The summed E-state index contributed by atoms with van der Waals surface area (Å²) in [5.41, 5.74) is 2.58. The first-order chi connectivity index (χ1) is 16.4. The van der Waals surface area contributed by atoms with E-state index in [0.29, 0.717) is 63.8 Å². The Kier molecular flexibility index (Phi) is 6.42. The normalized spacial score (nSPS) is 19.5. The maximum Gasteiger partial charge on any atom is 0.253 e. The van der Waals surface area contributed by atoms with Crippen LogP contribution in [-0.4, -0.2) is 79.6 Å². The van der Waals surface area contributed by atoms with Crippen molar-refractivity contribution in [2.45, 2.75) is 36.7 Å². The molecule has 0 atom stereocenters. The van der Waals surface area contributed by atoms with Gasteiger partial charge in [0.05, 0.1) is 11.4 Å². The lowest BCUT2D eigenvalue weighted by atomic mass is 10.0. The van der Waals surface area contributed by atoms with Crippen molar-refractivity contribution in [3.8, 4) is 0 Å². The smallest absolute Gasteiger partial charge is 0.253 e. The van der Waals surface area contributed by atoms with E-state index in [2.05, 4.69) is 10.2 Å². The Labute approximate surface area is 200 Å². The monoisotopic (exact) mass is 482 g/mol. The number of rotatable bonds is 6. The summed E-state index contributed by atoms with van der Waals surface area (Å²) in [4.78, 5) is 29.1. The van der Waals surface area contributed by atoms with E-state index in [9.17, 15) is 18.0 Å². The molecule has 9 heteroatoms. The van der Waals surface area contributed by atoms with Gasteiger partial charge >= 0.3 is 0 Å². The van der Waals surface area contributed by atoms with Crippen molar-refractivity contribution in [1.29, 1.82) is 0 Å². The maximum absolute atomic E-state index is 13.3. The van der Waals surface area contributed by atoms with E-state index in [0.717, 1.165) is 18.4 Å². The lowest BCUT2D eigenvalue weighted by Gasteiger charge is -2.34. The fraction of sp³-hybridized carbons (Fsp3) is 0.440. The highest BCUT2D eigenvalue weighted by Gasteiger charge is 2.30. The van der Waals surface area contributed by atoms with Gasteiger partial charge in [0.25, 0.3) is 5.91 Å². The molecule has 1 saturated heterocycles. The average Bonchev–Trinajstić information content (AvgIpc) is 3.67. The summed E-state index contributed by atoms with van der Waals surface area (Å²) in [5.74, 6) is -0.136. The van der Waals surface area contributed by atoms with Crippen LogP contribution in [0.4, 0.5) is 0 Å². The first kappa shape index (κ1) is 23.0. The van der Waals surface area contributed by atoms with Crippen molar-refractivity contribution in [3.63, 3.8) is 0 Å². The molecule has 34 heavy (non-hydrogen) atoms. The third kappa shape index (κ3) is 5.01. The molecule has 5 rings (SSSR count). The van der Waals surface area contributed by atoms with Crippen molar-refractivity contribution < 1.29 is 18.0 Å². The zero-order valence-corrected chi connectivity index (χ0v) is 20.0. The highest BCUT2D eigenvalue weighted by molar-refractivity contribution is 7.89. The van der Waals surface area contributed by atoms with Gasteiger partial charge in [0.1, 0.15) is 0 Å². The summed E-state index contributed by atoms with van der Waals surface area (Å²) in [6, 6.07) is 14.6. The van der Waals surface area contributed by atoms with Crippen LogP contribution in [0.15, 0.2) is 53.4 Å². The molecule has 2 amide bonds. The van der Waals surface area contributed by atoms with Gasteiger partial charge in [-0.25, -0.2) is 8.42 Å². The maximum atomic E-state index is 13.3. The van der Waals surface area contributed by atoms with E-state index >= 15 is 0 Å². The number of sulfonamides is 1. The van der Waals surface area contributed by atoms with Gasteiger partial charge < -0.3 is 10.2 Å². The van der Waals surface area contributed by atoms with Crippen LogP contribution in [0.1, 0.15) is 34.3 Å². The first-order valence-corrected chi connectivity index (χ1v) is 13.3. The predicted molar refractivity (Wildman–Crippen MR) is 128 cm³/mol. The van der Waals surface area contributed by atoms with Gasteiger partial charge in [-0.15, -0.1) is 0 Å². The fourth-order valence-electron chi connectivity index (χ4n) is 4.61. The van der Waals surface area contributed by atoms with E-state index in [1.54, 1.807) is 23.1 Å². The van der Waals surface area contributed by atoms with Crippen LogP contribution in [0.2, 0.25) is 0 Å². The van der Waals surface area contributed by atoms with E-state index in [1.807, 2.05) is 24.3 Å². The average molecular weight is 483 g/mol. The Morgan fingerprint density at radius 1 is 0.912 bits per heavy atom. The standard InChI is InChI=1S/C25H30N4O4S/c30-24(26-22-8-9-22)18-27-12-14-28(15-13-27)25(31)20-6-3-7-23(16-20)34(32,33)29-11-10-19-4-1-2-5-21(19)17-29/h1-7,16,22H,8-15,17-18H2,(H,26,30). The molecule has 0 unspecified atom stereocenters. The van der Waals surface area contributed by atoms with E-state index in [4.69, 9.17) is 0 Å². The van der Waals surface area contributed by atoms with E-state index < -0.39 is 10.0 Å². The van der Waals surface area contributed by atoms with Crippen LogP contribution in [0.3, 0.4) is 0 Å². The van der Waals surface area contributed by atoms with Crippen molar-refractivity contribution >= 4 is 21.8 Å². The minimum Gasteiger partial charge on any atom is -0.352 e. The van der Waals surface area contributed by atoms with Crippen LogP contribution < -0.4 is 5.32 Å². The van der Waals surface area contributed by atoms with Gasteiger partial charge in [-0.2, -0.15) is 4.31 Å². The van der Waals surface area contributed by atoms with Crippen LogP contribution in [0.25, 0.3) is 0 Å². The molecule has 0 spiro atoms. The minimum absolute atomic E-state index is 0.0421. The SMILES string of the molecule is O=C(CN1CCN(C(=O)c2cccc(S(=O)(=O)N3CCc4ccccc4C3)c2)CC1)NC1CC1. The topological polar surface area (TPSA) is 90.0 Å². The van der Waals surface area contributed by atoms with Gasteiger partial charge in [0, 0.05) is 50.9 Å². The van der Waals surface area contributed by atoms with Gasteiger partial charge in [-0.3, -0.25) is 14.5 Å². The second-order valence-corrected chi connectivity index (χ2v) is 11.2. The third-order valence-electron chi connectivity index (χ3n) is 6.78. The molecule has 0 radical (unpaired) electrons. The Hall–Kier alpha value is -2.75. The number of benzene rings is 2. The number of piperazine rings is 1. The summed E-state index contributed by atoms with van der Waals surface area (Å²) in [5, 5.41) is 2.99. The summed E-state index contributed by atoms with van der Waals surface area (Å²) in [6.45, 7) is 3.38. The number of carbonyl (C=O) groups excluding carboxylic acids is 2. The lowest BCUT2D eigenvalue weighted by molar-refractivity contribution is -0.122. The first-order valence-electron chi connectivity index (χ1n) is 11.9. The Morgan fingerprint density at radius 2 is 1.65 bits per heavy atom. The number of nitrogens with one attached hydrogen (secondary N) is 1. The highest BCUT2D eigenvalue weighted by Crippen LogP contribution is 2.25. The number of amides is 2. The molecule has 1 saturated carbocycles. The molecule has 0 bridgehead atoms. The van der Waals surface area contributed by atoms with Crippen LogP contribution in [-0.2, 0) is 27.8 Å². The second-order valence-electron chi connectivity index (χ2n) is 9.30. The Balaban J connectivity index is 1.22. The Morgan fingerprint density at radius 3 is 2.38 bits per heavy atom. The zero-order chi connectivity index (χ0) is 23.7. The van der Waals surface area contributed by atoms with Crippen molar-refractivity contribution in [3.05, 3.63) is 65.2 Å². The fourth-order valence-corrected chi connectivity index (χ4v) is 6.07. The third-order valence-corrected chi connectivity index (χ3v) is 8.62. The number of nitrogens with zero attached hydrogens (tertiary/aromatic N) is 3. The molecule has 0 aromatic heterocycles. The van der Waals surface area contributed by atoms with E-state index in [-0.39, 0.29) is 16.7 Å². The second kappa shape index (κ2) is 9.48. The molecule has 2 aliphatic heterocycles. The highest BCUT2D eigenvalue weighted by atomic mass is 32.2. The Bertz CT molecular complexity index is 1190. The summed E-state index contributed by atoms with van der Waals surface area (Å²) >= 11 is 0. The molecule has 1 N–H and O–H groups in total. The molecule has 1 aliphatic carbocycles. The predicted octanol–water partition coefficient (Wildman–Crippen LogP) is 1.47. The van der Waals surface area contributed by atoms with Crippen LogP contribution >= 0.6 is 0 Å². The van der Waals surface area contributed by atoms with Gasteiger partial charge in [0.15, 0.2) is 0 Å². The molecule has 8 nitrogen and oxygen atoms in total. The lowest BCUT2D eigenvalue weighted by Crippen LogP contribution is -2.51. The molecule has 180 valence electrons. The van der Waals surface area contributed by atoms with Crippen LogP contribution in [0, 0.1) is 0 Å². The van der Waals surface area contributed by atoms with Crippen molar-refractivity contribution in [2.75, 3.05) is 39.3 Å². The summed E-state index contributed by atoms with van der Waals surface area (Å²) < 4.78 is 28.2. The number of hydrogen-bond acceptors (Lipinski definition) is 5. The molecule has 2 fully saturated rings. The number of hydrogen-bond donors (Lipinski definition) is 1. The van der Waals surface area contributed by atoms with E-state index in [1.165, 1.54) is 15.9 Å². The largest absolute Gasteiger partial charge is 0.352 e. The van der Waals surface area contributed by atoms with Crippen molar-refractivity contribution in [1.82, 2.24) is 19.4 Å². The molecule has 2 aromatic rings. The van der Waals surface area contributed by atoms with Gasteiger partial charge in [0.2, 0.25) is 15.9 Å². The quantitative estimate of drug-likeness (QED) is 0.674. The summed E-state index contributed by atoms with van der Waals surface area (Å²) in [7, 11) is -3.71. The molecular formula is C25H30N4O4S. The summed E-state index contributed by atoms with van der Waals surface area (Å²) in [6.07, 6.45) is 2.80. The van der Waals surface area contributed by atoms with Gasteiger partial charge in [-0.05, 0) is 48.6 Å². The molecular weight excluding hydrogens is 452 g/mol. The molecule has 2 aromatic carbocycles. The van der Waals surface area contributed by atoms with Crippen LogP contribution in [0.5, 0.6) is 0 Å². The number of carbonyl (C=O) groups is 2. The number of fused-ring (bicyclic) bond motifs is 1. The molecule has 3 aliphatic rings. The minimum atomic E-state index is -3.71. The van der Waals surface area contributed by atoms with Crippen molar-refractivity contribution in [2.24, 2.45) is 0 Å².